The van der Waals surface area contributed by atoms with Crippen molar-refractivity contribution in [3.8, 4) is 21.5 Å². The fourth-order valence-electron chi connectivity index (χ4n) is 1.58. The van der Waals surface area contributed by atoms with E-state index in [-0.39, 0.29) is 36.0 Å². The molecular formula is C19H14Cl2OSe2. The van der Waals surface area contributed by atoms with E-state index >= 15 is 0 Å². The molecule has 0 heterocycles. The first-order valence-electron chi connectivity index (χ1n) is 7.08. The van der Waals surface area contributed by atoms with E-state index in [4.69, 9.17) is 23.2 Å². The van der Waals surface area contributed by atoms with Crippen LogP contribution in [0.5, 0.6) is 0 Å². The van der Waals surface area contributed by atoms with E-state index in [9.17, 15) is 5.11 Å². The van der Waals surface area contributed by atoms with Crippen LogP contribution in [-0.2, 0) is 0 Å². The number of halogens is 2. The van der Waals surface area contributed by atoms with Crippen LogP contribution in [0.15, 0.2) is 48.5 Å². The maximum atomic E-state index is 9.98. The van der Waals surface area contributed by atoms with Gasteiger partial charge in [-0.3, -0.25) is 0 Å². The third-order valence-corrected chi connectivity index (χ3v) is 6.63. The number of benzene rings is 2. The van der Waals surface area contributed by atoms with Crippen molar-refractivity contribution in [2.45, 2.75) is 16.7 Å². The van der Waals surface area contributed by atoms with Crippen LogP contribution in [0.3, 0.4) is 0 Å². The molecule has 5 heteroatoms. The van der Waals surface area contributed by atoms with Gasteiger partial charge in [-0.15, -0.1) is 0 Å². The van der Waals surface area contributed by atoms with Gasteiger partial charge in [-0.2, -0.15) is 0 Å². The molecule has 0 aliphatic rings. The van der Waals surface area contributed by atoms with Crippen molar-refractivity contribution < 1.29 is 5.11 Å². The second kappa shape index (κ2) is 10.9. The van der Waals surface area contributed by atoms with E-state index in [0.717, 1.165) is 21.8 Å². The Balaban J connectivity index is 1.68. The quantitative estimate of drug-likeness (QED) is 0.513. The van der Waals surface area contributed by atoms with Crippen LogP contribution in [0.2, 0.25) is 20.7 Å². The van der Waals surface area contributed by atoms with Crippen LogP contribution in [0.25, 0.3) is 0 Å². The summed E-state index contributed by atoms with van der Waals surface area (Å²) in [5.41, 5.74) is 1.91. The number of hydrogen-bond donors (Lipinski definition) is 1. The van der Waals surface area contributed by atoms with Gasteiger partial charge in [0.2, 0.25) is 0 Å². The number of aliphatic hydroxyl groups is 1. The van der Waals surface area contributed by atoms with Crippen LogP contribution in [0.1, 0.15) is 11.1 Å². The molecule has 1 nitrogen and oxygen atoms in total. The minimum atomic E-state index is -0.316. The van der Waals surface area contributed by atoms with Gasteiger partial charge >= 0.3 is 166 Å². The van der Waals surface area contributed by atoms with Gasteiger partial charge in [-0.1, -0.05) is 0 Å². The molecule has 0 spiro atoms. The Kier molecular flexibility index (Phi) is 8.83. The van der Waals surface area contributed by atoms with Crippen molar-refractivity contribution in [3.63, 3.8) is 0 Å². The van der Waals surface area contributed by atoms with Gasteiger partial charge in [-0.25, -0.2) is 0 Å². The van der Waals surface area contributed by atoms with Gasteiger partial charge in [0.15, 0.2) is 0 Å². The Hall–Kier alpha value is -0.861. The van der Waals surface area contributed by atoms with Crippen LogP contribution >= 0.6 is 23.2 Å². The van der Waals surface area contributed by atoms with Gasteiger partial charge in [0.25, 0.3) is 0 Å². The topological polar surface area (TPSA) is 20.2 Å². The van der Waals surface area contributed by atoms with Crippen molar-refractivity contribution >= 4 is 53.1 Å². The molecule has 0 fully saturated rings. The summed E-state index contributed by atoms with van der Waals surface area (Å²) in [5, 5.41) is 12.9. The summed E-state index contributed by atoms with van der Waals surface area (Å²) in [6.45, 7) is 0. The fourth-order valence-corrected chi connectivity index (χ4v) is 5.04. The van der Waals surface area contributed by atoms with E-state index in [1.807, 2.05) is 48.5 Å². The van der Waals surface area contributed by atoms with Crippen molar-refractivity contribution in [1.82, 2.24) is 0 Å². The second-order valence-electron chi connectivity index (χ2n) is 4.74. The predicted octanol–water partition coefficient (Wildman–Crippen LogP) is 3.92. The zero-order valence-electron chi connectivity index (χ0n) is 12.6. The Morgan fingerprint density at radius 3 is 1.50 bits per heavy atom. The first-order chi connectivity index (χ1) is 11.6. The molecule has 0 saturated heterocycles. The molecule has 122 valence electrons. The molecule has 0 aliphatic carbocycles. The third-order valence-electron chi connectivity index (χ3n) is 2.77. The normalized spacial score (nSPS) is 9.83. The van der Waals surface area contributed by atoms with Crippen molar-refractivity contribution in [1.29, 1.82) is 0 Å². The second-order valence-corrected chi connectivity index (χ2v) is 9.08. The number of hydrogen-bond acceptors (Lipinski definition) is 1. The first kappa shape index (κ1) is 19.5. The van der Waals surface area contributed by atoms with E-state index in [1.165, 1.54) is 0 Å². The Morgan fingerprint density at radius 1 is 0.750 bits per heavy atom. The Bertz CT molecular complexity index is 698. The molecule has 0 aliphatic heterocycles. The summed E-state index contributed by atoms with van der Waals surface area (Å²) in [5.74, 6) is 6.19. The molecule has 2 aromatic carbocycles. The Morgan fingerprint density at radius 2 is 1.12 bits per heavy atom. The van der Waals surface area contributed by atoms with Gasteiger partial charge in [0.1, 0.15) is 0 Å². The van der Waals surface area contributed by atoms with E-state index in [1.54, 1.807) is 0 Å². The SMILES string of the molecule is OC(C[Se]C#Cc1ccc(Cl)cc1)C[Se]C#Cc1ccc(Cl)cc1. The minimum absolute atomic E-state index is 0.110. The molecule has 0 aromatic heterocycles. The summed E-state index contributed by atoms with van der Waals surface area (Å²) < 4.78 is 0. The molecule has 0 amide bonds. The molecule has 0 bridgehead atoms. The molecule has 1 N–H and O–H groups in total. The molecule has 2 aromatic rings. The van der Waals surface area contributed by atoms with Crippen molar-refractivity contribution in [3.05, 3.63) is 69.7 Å². The van der Waals surface area contributed by atoms with Gasteiger partial charge < -0.3 is 0 Å². The van der Waals surface area contributed by atoms with E-state index in [0.29, 0.717) is 10.0 Å². The first-order valence-corrected chi connectivity index (χ1v) is 12.0. The summed E-state index contributed by atoms with van der Waals surface area (Å²) in [4.78, 5) is 6.28. The molecule has 0 atom stereocenters. The van der Waals surface area contributed by atoms with Gasteiger partial charge in [0.05, 0.1) is 0 Å². The molecule has 2 rings (SSSR count). The zero-order chi connectivity index (χ0) is 17.2. The van der Waals surface area contributed by atoms with Gasteiger partial charge in [-0.05, 0) is 0 Å². The standard InChI is InChI=1S/C19H14Cl2OSe2/c20-17-5-1-15(2-6-17)9-11-23-13-19(22)14-24-12-10-16-3-7-18(21)8-4-16/h1-8,19,22H,13-14H2. The van der Waals surface area contributed by atoms with Crippen LogP contribution in [0.4, 0.5) is 0 Å². The molecular weight excluding hydrogens is 473 g/mol. The summed E-state index contributed by atoms with van der Waals surface area (Å²) in [6, 6.07) is 14.9. The predicted molar refractivity (Wildman–Crippen MR) is 104 cm³/mol. The summed E-state index contributed by atoms with van der Waals surface area (Å²) in [7, 11) is 0. The zero-order valence-corrected chi connectivity index (χ0v) is 17.6. The van der Waals surface area contributed by atoms with Crippen molar-refractivity contribution in [2.75, 3.05) is 0 Å². The Labute approximate surface area is 165 Å². The monoisotopic (exact) mass is 488 g/mol. The fraction of sp³-hybridized carbons (Fsp3) is 0.158. The van der Waals surface area contributed by atoms with Crippen molar-refractivity contribution in [2.24, 2.45) is 0 Å². The summed E-state index contributed by atoms with van der Waals surface area (Å²) in [6.07, 6.45) is -0.316. The third kappa shape index (κ3) is 7.81. The molecule has 0 unspecified atom stereocenters. The summed E-state index contributed by atoms with van der Waals surface area (Å²) >= 11 is 11.9. The van der Waals surface area contributed by atoms with E-state index < -0.39 is 0 Å². The van der Waals surface area contributed by atoms with Crippen LogP contribution in [0, 0.1) is 21.5 Å². The number of rotatable bonds is 4. The van der Waals surface area contributed by atoms with Crippen LogP contribution < -0.4 is 0 Å². The molecule has 0 radical (unpaired) electrons. The molecule has 24 heavy (non-hydrogen) atoms. The van der Waals surface area contributed by atoms with Crippen LogP contribution in [-0.4, -0.2) is 41.1 Å². The molecule has 0 saturated carbocycles. The average molecular weight is 487 g/mol. The maximum absolute atomic E-state index is 9.98. The van der Waals surface area contributed by atoms with E-state index in [2.05, 4.69) is 21.5 Å². The number of aliphatic hydroxyl groups excluding tert-OH is 1. The van der Waals surface area contributed by atoms with Gasteiger partial charge in [0, 0.05) is 0 Å². The average Bonchev–Trinajstić information content (AvgIpc) is 2.59.